The SMILES string of the molecule is CC(C)(O)CCOc1ccc(F)c(-c2ccnc(N3CCC(C=O)CC3)c2)c1. The molecule has 1 aromatic heterocycles. The molecule has 0 saturated carbocycles. The van der Waals surface area contributed by atoms with E-state index in [1.807, 2.05) is 6.07 Å². The molecule has 0 unspecified atom stereocenters. The van der Waals surface area contributed by atoms with Crippen molar-refractivity contribution in [3.63, 3.8) is 0 Å². The van der Waals surface area contributed by atoms with Crippen molar-refractivity contribution >= 4 is 12.1 Å². The van der Waals surface area contributed by atoms with Gasteiger partial charge in [0.05, 0.1) is 12.2 Å². The van der Waals surface area contributed by atoms with Gasteiger partial charge in [-0.05, 0) is 62.6 Å². The van der Waals surface area contributed by atoms with Gasteiger partial charge >= 0.3 is 0 Å². The van der Waals surface area contributed by atoms with Gasteiger partial charge in [-0.15, -0.1) is 0 Å². The maximum atomic E-state index is 14.5. The molecule has 1 aromatic carbocycles. The molecule has 2 aromatic rings. The van der Waals surface area contributed by atoms with Crippen molar-refractivity contribution in [2.45, 2.75) is 38.7 Å². The van der Waals surface area contributed by atoms with Crippen molar-refractivity contribution in [3.8, 4) is 16.9 Å². The molecular formula is C22H27FN2O3. The van der Waals surface area contributed by atoms with E-state index < -0.39 is 5.60 Å². The Morgan fingerprint density at radius 3 is 2.71 bits per heavy atom. The van der Waals surface area contributed by atoms with Gasteiger partial charge in [-0.2, -0.15) is 0 Å². The van der Waals surface area contributed by atoms with E-state index in [4.69, 9.17) is 4.74 Å². The Hall–Kier alpha value is -2.47. The monoisotopic (exact) mass is 386 g/mol. The highest BCUT2D eigenvalue weighted by Gasteiger charge is 2.20. The molecule has 0 bridgehead atoms. The third-order valence-corrected chi connectivity index (χ3v) is 5.03. The number of aromatic nitrogens is 1. The number of hydrogen-bond donors (Lipinski definition) is 1. The van der Waals surface area contributed by atoms with Crippen LogP contribution in [0.1, 0.15) is 33.1 Å². The standard InChI is InChI=1S/C22H27FN2O3/c1-22(2,27)8-12-28-18-3-4-20(23)19(14-18)17-5-9-24-21(13-17)25-10-6-16(15-26)7-11-25/h3-5,9,13-16,27H,6-8,10-12H2,1-2H3. The largest absolute Gasteiger partial charge is 0.493 e. The lowest BCUT2D eigenvalue weighted by Gasteiger charge is -2.30. The highest BCUT2D eigenvalue weighted by Crippen LogP contribution is 2.30. The number of aldehydes is 1. The summed E-state index contributed by atoms with van der Waals surface area (Å²) in [6.45, 7) is 5.33. The van der Waals surface area contributed by atoms with Crippen LogP contribution in [0.3, 0.4) is 0 Å². The fourth-order valence-corrected chi connectivity index (χ4v) is 3.26. The number of piperidine rings is 1. The van der Waals surface area contributed by atoms with Gasteiger partial charge in [0.2, 0.25) is 0 Å². The minimum absolute atomic E-state index is 0.120. The van der Waals surface area contributed by atoms with Crippen molar-refractivity contribution < 1.29 is 19.0 Å². The molecule has 1 aliphatic heterocycles. The van der Waals surface area contributed by atoms with Gasteiger partial charge in [0.1, 0.15) is 23.7 Å². The molecule has 2 heterocycles. The first-order valence-electron chi connectivity index (χ1n) is 9.67. The first-order chi connectivity index (χ1) is 13.4. The highest BCUT2D eigenvalue weighted by atomic mass is 19.1. The molecule has 6 heteroatoms. The van der Waals surface area contributed by atoms with Crippen LogP contribution in [0.15, 0.2) is 36.5 Å². The fourth-order valence-electron chi connectivity index (χ4n) is 3.26. The summed E-state index contributed by atoms with van der Waals surface area (Å²) in [5, 5.41) is 9.79. The number of rotatable bonds is 7. The second-order valence-electron chi connectivity index (χ2n) is 7.92. The first-order valence-corrected chi connectivity index (χ1v) is 9.67. The van der Waals surface area contributed by atoms with Crippen molar-refractivity contribution in [1.29, 1.82) is 0 Å². The van der Waals surface area contributed by atoms with Crippen LogP contribution < -0.4 is 9.64 Å². The molecule has 1 N–H and O–H groups in total. The maximum Gasteiger partial charge on any atom is 0.131 e. The Labute approximate surface area is 165 Å². The van der Waals surface area contributed by atoms with Crippen LogP contribution in [0.4, 0.5) is 10.2 Å². The first kappa shape index (κ1) is 20.3. The Bertz CT molecular complexity index is 812. The topological polar surface area (TPSA) is 62.7 Å². The summed E-state index contributed by atoms with van der Waals surface area (Å²) in [4.78, 5) is 17.5. The molecule has 0 spiro atoms. The lowest BCUT2D eigenvalue weighted by atomic mass is 9.98. The number of halogens is 1. The van der Waals surface area contributed by atoms with Crippen molar-refractivity contribution in [2.24, 2.45) is 5.92 Å². The van der Waals surface area contributed by atoms with E-state index in [1.165, 1.54) is 6.07 Å². The number of nitrogens with zero attached hydrogens (tertiary/aromatic N) is 2. The number of anilines is 1. The molecule has 1 aliphatic rings. The summed E-state index contributed by atoms with van der Waals surface area (Å²) in [6, 6.07) is 8.32. The van der Waals surface area contributed by atoms with E-state index in [2.05, 4.69) is 9.88 Å². The molecule has 150 valence electrons. The predicted molar refractivity (Wildman–Crippen MR) is 107 cm³/mol. The zero-order chi connectivity index (χ0) is 20.1. The molecule has 5 nitrogen and oxygen atoms in total. The molecule has 28 heavy (non-hydrogen) atoms. The van der Waals surface area contributed by atoms with Gasteiger partial charge in [0.25, 0.3) is 0 Å². The summed E-state index contributed by atoms with van der Waals surface area (Å²) < 4.78 is 20.2. The van der Waals surface area contributed by atoms with Crippen LogP contribution in [0.2, 0.25) is 0 Å². The molecular weight excluding hydrogens is 359 g/mol. The molecule has 1 saturated heterocycles. The second-order valence-corrected chi connectivity index (χ2v) is 7.92. The minimum atomic E-state index is -0.805. The second kappa shape index (κ2) is 8.69. The number of pyridine rings is 1. The summed E-state index contributed by atoms with van der Waals surface area (Å²) >= 11 is 0. The van der Waals surface area contributed by atoms with E-state index in [1.54, 1.807) is 38.2 Å². The number of aliphatic hydroxyl groups is 1. The third kappa shape index (κ3) is 5.29. The number of carbonyl (C=O) groups is 1. The van der Waals surface area contributed by atoms with Crippen LogP contribution in [-0.4, -0.2) is 41.7 Å². The average Bonchev–Trinajstić information content (AvgIpc) is 2.68. The zero-order valence-corrected chi connectivity index (χ0v) is 16.4. The number of benzene rings is 1. The summed E-state index contributed by atoms with van der Waals surface area (Å²) in [6.07, 6.45) is 4.82. The Morgan fingerprint density at radius 2 is 2.04 bits per heavy atom. The van der Waals surface area contributed by atoms with Crippen LogP contribution >= 0.6 is 0 Å². The summed E-state index contributed by atoms with van der Waals surface area (Å²) in [5.74, 6) is 1.14. The zero-order valence-electron chi connectivity index (χ0n) is 16.4. The average molecular weight is 386 g/mol. The molecule has 0 amide bonds. The third-order valence-electron chi connectivity index (χ3n) is 5.03. The molecule has 0 radical (unpaired) electrons. The van der Waals surface area contributed by atoms with Crippen molar-refractivity contribution in [3.05, 3.63) is 42.3 Å². The Balaban J connectivity index is 1.76. The lowest BCUT2D eigenvalue weighted by Crippen LogP contribution is -2.34. The van der Waals surface area contributed by atoms with Crippen LogP contribution in [-0.2, 0) is 4.79 Å². The predicted octanol–water partition coefficient (Wildman–Crippen LogP) is 3.84. The minimum Gasteiger partial charge on any atom is -0.493 e. The van der Waals surface area contributed by atoms with E-state index in [9.17, 15) is 14.3 Å². The van der Waals surface area contributed by atoms with Crippen molar-refractivity contribution in [1.82, 2.24) is 4.98 Å². The molecule has 0 aliphatic carbocycles. The Kier molecular flexibility index (Phi) is 6.29. The van der Waals surface area contributed by atoms with Crippen LogP contribution in [0.5, 0.6) is 5.75 Å². The van der Waals surface area contributed by atoms with E-state index in [0.29, 0.717) is 24.3 Å². The van der Waals surface area contributed by atoms with Crippen LogP contribution in [0.25, 0.3) is 11.1 Å². The maximum absolute atomic E-state index is 14.5. The number of carbonyl (C=O) groups excluding carboxylic acids is 1. The fraction of sp³-hybridized carbons (Fsp3) is 0.455. The van der Waals surface area contributed by atoms with Gasteiger partial charge < -0.3 is 19.5 Å². The summed E-state index contributed by atoms with van der Waals surface area (Å²) in [5.41, 5.74) is 0.375. The normalized spacial score (nSPS) is 15.5. The molecule has 0 atom stereocenters. The van der Waals surface area contributed by atoms with E-state index in [-0.39, 0.29) is 11.7 Å². The van der Waals surface area contributed by atoms with E-state index >= 15 is 0 Å². The van der Waals surface area contributed by atoms with Gasteiger partial charge in [-0.25, -0.2) is 9.37 Å². The highest BCUT2D eigenvalue weighted by molar-refractivity contribution is 5.68. The number of ether oxygens (including phenoxy) is 1. The van der Waals surface area contributed by atoms with Gasteiger partial charge in [-0.1, -0.05) is 0 Å². The molecule has 3 rings (SSSR count). The lowest BCUT2D eigenvalue weighted by molar-refractivity contribution is -0.111. The van der Waals surface area contributed by atoms with Crippen molar-refractivity contribution in [2.75, 3.05) is 24.6 Å². The quantitative estimate of drug-likeness (QED) is 0.733. The van der Waals surface area contributed by atoms with Gasteiger partial charge in [0.15, 0.2) is 0 Å². The van der Waals surface area contributed by atoms with Crippen LogP contribution in [0, 0.1) is 11.7 Å². The smallest absolute Gasteiger partial charge is 0.131 e. The molecule has 1 fully saturated rings. The Morgan fingerprint density at radius 1 is 1.29 bits per heavy atom. The number of hydrogen-bond acceptors (Lipinski definition) is 5. The van der Waals surface area contributed by atoms with Gasteiger partial charge in [-0.3, -0.25) is 0 Å². The van der Waals surface area contributed by atoms with Gasteiger partial charge in [0, 0.05) is 37.2 Å². The summed E-state index contributed by atoms with van der Waals surface area (Å²) in [7, 11) is 0. The van der Waals surface area contributed by atoms with E-state index in [0.717, 1.165) is 43.6 Å².